The molecule has 0 saturated carbocycles. The van der Waals surface area contributed by atoms with Crippen molar-refractivity contribution in [3.05, 3.63) is 52.8 Å². The van der Waals surface area contributed by atoms with Crippen LogP contribution in [0.5, 0.6) is 0 Å². The van der Waals surface area contributed by atoms with Gasteiger partial charge in [-0.15, -0.1) is 0 Å². The average Bonchev–Trinajstić information content (AvgIpc) is 3.13. The topological polar surface area (TPSA) is 58.1 Å². The first-order valence-corrected chi connectivity index (χ1v) is 10.2. The van der Waals surface area contributed by atoms with Crippen LogP contribution in [-0.4, -0.2) is 35.0 Å². The zero-order chi connectivity index (χ0) is 20.3. The molecule has 2 aromatic rings. The maximum Gasteiger partial charge on any atom is 0.242 e. The quantitative estimate of drug-likeness (QED) is 0.859. The third kappa shape index (κ3) is 4.51. The van der Waals surface area contributed by atoms with E-state index in [1.807, 2.05) is 4.90 Å². The van der Waals surface area contributed by atoms with Crippen molar-refractivity contribution >= 4 is 11.9 Å². The molecule has 2 heterocycles. The molecule has 1 amide bonds. The van der Waals surface area contributed by atoms with Gasteiger partial charge >= 0.3 is 0 Å². The highest BCUT2D eigenvalue weighted by atomic mass is 16.2. The van der Waals surface area contributed by atoms with Gasteiger partial charge in [0.05, 0.1) is 0 Å². The molecule has 0 radical (unpaired) electrons. The van der Waals surface area contributed by atoms with E-state index in [1.165, 1.54) is 22.3 Å². The monoisotopic (exact) mass is 380 g/mol. The minimum absolute atomic E-state index is 0.0755. The molecule has 0 spiro atoms. The van der Waals surface area contributed by atoms with Crippen LogP contribution in [0.25, 0.3) is 0 Å². The van der Waals surface area contributed by atoms with E-state index >= 15 is 0 Å². The van der Waals surface area contributed by atoms with Crippen LogP contribution in [0, 0.1) is 13.8 Å². The van der Waals surface area contributed by atoms with Gasteiger partial charge < -0.3 is 10.2 Å². The van der Waals surface area contributed by atoms with E-state index < -0.39 is 0 Å². The Morgan fingerprint density at radius 2 is 1.82 bits per heavy atom. The molecule has 1 aliphatic rings. The molecule has 1 saturated heterocycles. The Bertz CT molecular complexity index is 803. The number of aromatic nitrogens is 2. The number of benzene rings is 1. The Morgan fingerprint density at radius 1 is 1.18 bits per heavy atom. The molecule has 0 unspecified atom stereocenters. The molecule has 5 heteroatoms. The largest absolute Gasteiger partial charge is 0.354 e. The van der Waals surface area contributed by atoms with Crippen LogP contribution < -0.4 is 10.2 Å². The van der Waals surface area contributed by atoms with Crippen LogP contribution in [0.3, 0.4) is 0 Å². The molecule has 1 aliphatic heterocycles. The molecule has 5 nitrogen and oxygen atoms in total. The van der Waals surface area contributed by atoms with Crippen LogP contribution in [-0.2, 0) is 16.6 Å². The third-order valence-electron chi connectivity index (χ3n) is 5.60. The Hall–Kier alpha value is -2.43. The van der Waals surface area contributed by atoms with Gasteiger partial charge in [0, 0.05) is 25.5 Å². The number of amides is 1. The molecule has 28 heavy (non-hydrogen) atoms. The summed E-state index contributed by atoms with van der Waals surface area (Å²) in [5.74, 6) is 0.719. The Balaban J connectivity index is 1.61. The molecule has 1 atom stereocenters. The fraction of sp³-hybridized carbons (Fsp3) is 0.522. The summed E-state index contributed by atoms with van der Waals surface area (Å²) in [7, 11) is 0. The number of carbonyl (C=O) groups excluding carboxylic acids is 1. The predicted octanol–water partition coefficient (Wildman–Crippen LogP) is 3.72. The summed E-state index contributed by atoms with van der Waals surface area (Å²) in [6.45, 7) is 12.5. The summed E-state index contributed by atoms with van der Waals surface area (Å²) in [5.41, 5.74) is 5.45. The lowest BCUT2D eigenvalue weighted by Crippen LogP contribution is -2.44. The van der Waals surface area contributed by atoms with Crippen molar-refractivity contribution in [1.29, 1.82) is 0 Å². The van der Waals surface area contributed by atoms with E-state index in [4.69, 9.17) is 0 Å². The second-order valence-electron chi connectivity index (χ2n) is 8.78. The number of nitrogens with one attached hydrogen (secondary N) is 1. The van der Waals surface area contributed by atoms with Gasteiger partial charge in [-0.05, 0) is 66.8 Å². The van der Waals surface area contributed by atoms with Gasteiger partial charge in [0.2, 0.25) is 11.9 Å². The minimum atomic E-state index is -0.173. The number of aryl methyl sites for hydroxylation is 2. The van der Waals surface area contributed by atoms with Gasteiger partial charge in [-0.1, -0.05) is 32.9 Å². The van der Waals surface area contributed by atoms with Gasteiger partial charge in [-0.25, -0.2) is 9.97 Å². The van der Waals surface area contributed by atoms with Gasteiger partial charge in [0.1, 0.15) is 6.04 Å². The van der Waals surface area contributed by atoms with Crippen LogP contribution in [0.15, 0.2) is 30.6 Å². The van der Waals surface area contributed by atoms with Crippen molar-refractivity contribution in [3.8, 4) is 0 Å². The summed E-state index contributed by atoms with van der Waals surface area (Å²) < 4.78 is 0. The molecule has 0 bridgehead atoms. The van der Waals surface area contributed by atoms with E-state index in [2.05, 4.69) is 62.0 Å². The van der Waals surface area contributed by atoms with Crippen molar-refractivity contribution in [3.63, 3.8) is 0 Å². The minimum Gasteiger partial charge on any atom is -0.354 e. The van der Waals surface area contributed by atoms with Crippen molar-refractivity contribution in [2.45, 2.75) is 65.3 Å². The molecular weight excluding hydrogens is 348 g/mol. The standard InChI is InChI=1S/C23H32N4O/c1-16-14-18(23(3,4)5)15-17(2)19(16)9-12-24-21(28)20-8-6-13-27(20)22-25-10-7-11-26-22/h7,10-11,14-15,20H,6,8-9,12-13H2,1-5H3,(H,24,28)/t20-/m0/s1. The fourth-order valence-electron chi connectivity index (χ4n) is 3.97. The first kappa shape index (κ1) is 20.3. The van der Waals surface area contributed by atoms with E-state index in [9.17, 15) is 4.79 Å². The number of anilines is 1. The molecule has 3 rings (SSSR count). The van der Waals surface area contributed by atoms with Gasteiger partial charge in [0.25, 0.3) is 0 Å². The zero-order valence-corrected chi connectivity index (χ0v) is 17.7. The Kier molecular flexibility index (Phi) is 6.01. The smallest absolute Gasteiger partial charge is 0.242 e. The van der Waals surface area contributed by atoms with E-state index in [0.29, 0.717) is 12.5 Å². The number of rotatable bonds is 5. The van der Waals surface area contributed by atoms with Crippen molar-refractivity contribution in [2.24, 2.45) is 0 Å². The predicted molar refractivity (Wildman–Crippen MR) is 114 cm³/mol. The zero-order valence-electron chi connectivity index (χ0n) is 17.7. The second kappa shape index (κ2) is 8.29. The lowest BCUT2D eigenvalue weighted by Gasteiger charge is -2.24. The van der Waals surface area contributed by atoms with Crippen molar-refractivity contribution in [2.75, 3.05) is 18.0 Å². The molecule has 1 aromatic carbocycles. The summed E-state index contributed by atoms with van der Waals surface area (Å²) >= 11 is 0. The maximum absolute atomic E-state index is 12.8. The number of nitrogens with zero attached hydrogens (tertiary/aromatic N) is 3. The van der Waals surface area contributed by atoms with Crippen LogP contribution in [0.1, 0.15) is 55.9 Å². The van der Waals surface area contributed by atoms with Crippen LogP contribution in [0.2, 0.25) is 0 Å². The van der Waals surface area contributed by atoms with E-state index in [-0.39, 0.29) is 17.4 Å². The molecule has 1 fully saturated rings. The third-order valence-corrected chi connectivity index (χ3v) is 5.60. The van der Waals surface area contributed by atoms with E-state index in [0.717, 1.165) is 25.8 Å². The summed E-state index contributed by atoms with van der Waals surface area (Å²) in [5, 5.41) is 3.14. The molecule has 1 aromatic heterocycles. The molecule has 0 aliphatic carbocycles. The molecular formula is C23H32N4O. The van der Waals surface area contributed by atoms with Crippen LogP contribution >= 0.6 is 0 Å². The maximum atomic E-state index is 12.8. The fourth-order valence-corrected chi connectivity index (χ4v) is 3.97. The SMILES string of the molecule is Cc1cc(C(C)(C)C)cc(C)c1CCNC(=O)[C@@H]1CCCN1c1ncccn1. The van der Waals surface area contributed by atoms with Crippen molar-refractivity contribution < 1.29 is 4.79 Å². The molecule has 150 valence electrons. The number of carbonyl (C=O) groups is 1. The van der Waals surface area contributed by atoms with Gasteiger partial charge in [-0.2, -0.15) is 0 Å². The second-order valence-corrected chi connectivity index (χ2v) is 8.78. The average molecular weight is 381 g/mol. The lowest BCUT2D eigenvalue weighted by atomic mass is 9.83. The van der Waals surface area contributed by atoms with E-state index in [1.54, 1.807) is 18.5 Å². The normalized spacial score (nSPS) is 17.0. The highest BCUT2D eigenvalue weighted by Gasteiger charge is 2.32. The summed E-state index contributed by atoms with van der Waals surface area (Å²) in [6, 6.07) is 6.20. The summed E-state index contributed by atoms with van der Waals surface area (Å²) in [4.78, 5) is 23.4. The van der Waals surface area contributed by atoms with Gasteiger partial charge in [-0.3, -0.25) is 4.79 Å². The Labute approximate surface area is 168 Å². The lowest BCUT2D eigenvalue weighted by molar-refractivity contribution is -0.122. The Morgan fingerprint density at radius 3 is 2.43 bits per heavy atom. The van der Waals surface area contributed by atoms with Crippen LogP contribution in [0.4, 0.5) is 5.95 Å². The first-order chi connectivity index (χ1) is 13.3. The first-order valence-electron chi connectivity index (χ1n) is 10.2. The summed E-state index contributed by atoms with van der Waals surface area (Å²) in [6.07, 6.45) is 6.14. The number of hydrogen-bond acceptors (Lipinski definition) is 4. The van der Waals surface area contributed by atoms with Crippen molar-refractivity contribution in [1.82, 2.24) is 15.3 Å². The highest BCUT2D eigenvalue weighted by Crippen LogP contribution is 2.27. The molecule has 1 N–H and O–H groups in total. The highest BCUT2D eigenvalue weighted by molar-refractivity contribution is 5.85. The number of hydrogen-bond donors (Lipinski definition) is 1. The van der Waals surface area contributed by atoms with Gasteiger partial charge in [0.15, 0.2) is 0 Å².